The third-order valence-corrected chi connectivity index (χ3v) is 4.65. The molecule has 0 rings (SSSR count). The van der Waals surface area contributed by atoms with Crippen molar-refractivity contribution in [2.24, 2.45) is 33.8 Å². The van der Waals surface area contributed by atoms with Crippen molar-refractivity contribution in [3.63, 3.8) is 0 Å². The Morgan fingerprint density at radius 1 is 0.939 bits per heavy atom. The van der Waals surface area contributed by atoms with Gasteiger partial charge in [-0.2, -0.15) is 0 Å². The highest BCUT2D eigenvalue weighted by Gasteiger charge is 2.27. The van der Waals surface area contributed by atoms with E-state index in [0.717, 1.165) is 6.42 Å². The minimum Gasteiger partial charge on any atom is -0.480 e. The number of guanidine groups is 1. The van der Waals surface area contributed by atoms with E-state index in [2.05, 4.69) is 20.9 Å². The predicted molar refractivity (Wildman–Crippen MR) is 125 cm³/mol. The lowest BCUT2D eigenvalue weighted by Gasteiger charge is -2.23. The fourth-order valence-electron chi connectivity index (χ4n) is 2.92. The molecule has 0 aromatic carbocycles. The number of nitrogens with zero attached hydrogens (tertiary/aromatic N) is 1. The Balaban J connectivity index is 4.83. The summed E-state index contributed by atoms with van der Waals surface area (Å²) in [5.41, 5.74) is 21.7. The maximum atomic E-state index is 12.7. The molecular weight excluding hydrogens is 432 g/mol. The summed E-state index contributed by atoms with van der Waals surface area (Å²) in [6, 6.07) is -2.88. The van der Waals surface area contributed by atoms with Crippen LogP contribution in [-0.2, 0) is 19.2 Å². The molecule has 3 atom stereocenters. The molecule has 33 heavy (non-hydrogen) atoms. The van der Waals surface area contributed by atoms with Gasteiger partial charge in [0.15, 0.2) is 5.96 Å². The number of rotatable bonds is 17. The average Bonchev–Trinajstić information content (AvgIpc) is 2.72. The largest absolute Gasteiger partial charge is 0.480 e. The van der Waals surface area contributed by atoms with E-state index in [4.69, 9.17) is 22.9 Å². The summed E-state index contributed by atoms with van der Waals surface area (Å²) in [4.78, 5) is 52.3. The van der Waals surface area contributed by atoms with E-state index in [1.165, 1.54) is 0 Å². The summed E-state index contributed by atoms with van der Waals surface area (Å²) in [5.74, 6) is -2.96. The summed E-state index contributed by atoms with van der Waals surface area (Å²) in [6.07, 6.45) is 2.63. The molecule has 0 spiro atoms. The number of carbonyl (C=O) groups excluding carboxylic acids is 3. The van der Waals surface area contributed by atoms with E-state index in [1.807, 2.05) is 13.8 Å². The van der Waals surface area contributed by atoms with Crippen LogP contribution in [0.5, 0.6) is 0 Å². The zero-order valence-corrected chi connectivity index (χ0v) is 19.5. The molecule has 0 aromatic heterocycles. The van der Waals surface area contributed by atoms with Crippen LogP contribution in [0, 0.1) is 5.92 Å². The van der Waals surface area contributed by atoms with Crippen molar-refractivity contribution in [1.29, 1.82) is 0 Å². The van der Waals surface area contributed by atoms with Crippen molar-refractivity contribution in [2.75, 3.05) is 19.6 Å². The van der Waals surface area contributed by atoms with E-state index in [9.17, 15) is 24.3 Å². The van der Waals surface area contributed by atoms with Crippen LogP contribution in [0.2, 0.25) is 0 Å². The van der Waals surface area contributed by atoms with Crippen LogP contribution >= 0.6 is 0 Å². The second-order valence-corrected chi connectivity index (χ2v) is 8.21. The first-order chi connectivity index (χ1) is 15.5. The van der Waals surface area contributed by atoms with Crippen LogP contribution in [0.3, 0.4) is 0 Å². The molecule has 0 aliphatic rings. The van der Waals surface area contributed by atoms with Gasteiger partial charge in [-0.1, -0.05) is 20.3 Å². The van der Waals surface area contributed by atoms with Gasteiger partial charge in [-0.15, -0.1) is 0 Å². The van der Waals surface area contributed by atoms with Crippen LogP contribution in [-0.4, -0.2) is 72.5 Å². The molecule has 12 N–H and O–H groups in total. The average molecular weight is 473 g/mol. The van der Waals surface area contributed by atoms with E-state index < -0.39 is 41.8 Å². The van der Waals surface area contributed by atoms with Gasteiger partial charge in [0.25, 0.3) is 0 Å². The maximum Gasteiger partial charge on any atom is 0.326 e. The van der Waals surface area contributed by atoms with Gasteiger partial charge in [0.1, 0.15) is 12.1 Å². The molecule has 190 valence electrons. The molecule has 0 fully saturated rings. The Morgan fingerprint density at radius 3 is 2.15 bits per heavy atom. The second-order valence-electron chi connectivity index (χ2n) is 8.21. The summed E-state index contributed by atoms with van der Waals surface area (Å²) >= 11 is 0. The van der Waals surface area contributed by atoms with Crippen molar-refractivity contribution in [3.05, 3.63) is 0 Å². The van der Waals surface area contributed by atoms with Crippen molar-refractivity contribution in [1.82, 2.24) is 16.0 Å². The molecule has 0 heterocycles. The summed E-state index contributed by atoms with van der Waals surface area (Å²) < 4.78 is 0. The number of nitrogens with one attached hydrogen (secondary N) is 3. The van der Waals surface area contributed by atoms with Gasteiger partial charge in [-0.3, -0.25) is 19.4 Å². The number of carboxylic acids is 1. The Hall–Kier alpha value is -2.93. The number of carboxylic acid groups (broad SMARTS) is 1. The SMILES string of the molecule is CC(C)CC(NC(=O)CNC(=O)C(N)CCCCN)C(=O)NC(CCCN=C(N)N)C(=O)O. The van der Waals surface area contributed by atoms with Crippen LogP contribution < -0.4 is 38.9 Å². The second kappa shape index (κ2) is 16.7. The minimum atomic E-state index is -1.21. The van der Waals surface area contributed by atoms with Crippen molar-refractivity contribution >= 4 is 29.7 Å². The van der Waals surface area contributed by atoms with E-state index in [0.29, 0.717) is 25.8 Å². The number of aliphatic carboxylic acids is 1. The monoisotopic (exact) mass is 472 g/mol. The fourth-order valence-corrected chi connectivity index (χ4v) is 2.92. The fraction of sp³-hybridized carbons (Fsp3) is 0.750. The lowest BCUT2D eigenvalue weighted by Crippen LogP contribution is -2.54. The Bertz CT molecular complexity index is 667. The zero-order valence-electron chi connectivity index (χ0n) is 19.5. The van der Waals surface area contributed by atoms with Gasteiger partial charge in [0, 0.05) is 6.54 Å². The first-order valence-electron chi connectivity index (χ1n) is 11.1. The molecular formula is C20H40N8O5. The molecule has 0 aromatic rings. The predicted octanol–water partition coefficient (Wildman–Crippen LogP) is -2.29. The maximum absolute atomic E-state index is 12.7. The van der Waals surface area contributed by atoms with E-state index >= 15 is 0 Å². The normalized spacial score (nSPS) is 13.5. The van der Waals surface area contributed by atoms with Gasteiger partial charge < -0.3 is 44.0 Å². The smallest absolute Gasteiger partial charge is 0.326 e. The summed E-state index contributed by atoms with van der Waals surface area (Å²) in [6.45, 7) is 4.10. The third-order valence-electron chi connectivity index (χ3n) is 4.65. The lowest BCUT2D eigenvalue weighted by atomic mass is 10.0. The molecule has 13 heteroatoms. The van der Waals surface area contributed by atoms with Crippen LogP contribution in [0.15, 0.2) is 4.99 Å². The minimum absolute atomic E-state index is 0.0387. The molecule has 0 radical (unpaired) electrons. The number of nitrogens with two attached hydrogens (primary N) is 4. The Labute approximate surface area is 194 Å². The van der Waals surface area contributed by atoms with Crippen LogP contribution in [0.25, 0.3) is 0 Å². The molecule has 0 saturated carbocycles. The standard InChI is InChI=1S/C20H40N8O5/c1-12(2)10-15(18(31)28-14(19(32)33)7-5-9-25-20(23)24)27-16(29)11-26-17(30)13(22)6-3-4-8-21/h12-15H,3-11,21-22H2,1-2H3,(H,26,30)(H,27,29)(H,28,31)(H,32,33)(H4,23,24,25). The van der Waals surface area contributed by atoms with Gasteiger partial charge in [0.05, 0.1) is 12.6 Å². The number of hydrogen-bond donors (Lipinski definition) is 8. The Morgan fingerprint density at radius 2 is 1.61 bits per heavy atom. The molecule has 3 unspecified atom stereocenters. The first-order valence-corrected chi connectivity index (χ1v) is 11.1. The number of hydrogen-bond acceptors (Lipinski definition) is 7. The van der Waals surface area contributed by atoms with Gasteiger partial charge >= 0.3 is 5.97 Å². The molecule has 0 bridgehead atoms. The highest BCUT2D eigenvalue weighted by atomic mass is 16.4. The molecule has 0 aliphatic carbocycles. The van der Waals surface area contributed by atoms with Crippen LogP contribution in [0.4, 0.5) is 0 Å². The summed E-state index contributed by atoms with van der Waals surface area (Å²) in [7, 11) is 0. The quantitative estimate of drug-likeness (QED) is 0.0644. The van der Waals surface area contributed by atoms with E-state index in [1.54, 1.807) is 0 Å². The first kappa shape index (κ1) is 30.1. The zero-order chi connectivity index (χ0) is 25.4. The third kappa shape index (κ3) is 14.7. The number of carbonyl (C=O) groups is 4. The molecule has 3 amide bonds. The highest BCUT2D eigenvalue weighted by Crippen LogP contribution is 2.07. The van der Waals surface area contributed by atoms with E-state index in [-0.39, 0.29) is 37.8 Å². The highest BCUT2D eigenvalue weighted by molar-refractivity contribution is 5.92. The topological polar surface area (TPSA) is 241 Å². The van der Waals surface area contributed by atoms with Crippen LogP contribution in [0.1, 0.15) is 52.4 Å². The molecule has 0 aliphatic heterocycles. The van der Waals surface area contributed by atoms with Gasteiger partial charge in [0.2, 0.25) is 17.7 Å². The molecule has 0 saturated heterocycles. The van der Waals surface area contributed by atoms with Crippen molar-refractivity contribution in [3.8, 4) is 0 Å². The van der Waals surface area contributed by atoms with Gasteiger partial charge in [-0.25, -0.2) is 4.79 Å². The Kier molecular flexibility index (Phi) is 15.2. The number of aliphatic imine (C=N–C) groups is 1. The van der Waals surface area contributed by atoms with Gasteiger partial charge in [-0.05, 0) is 44.6 Å². The molecule has 13 nitrogen and oxygen atoms in total. The summed E-state index contributed by atoms with van der Waals surface area (Å²) in [5, 5.41) is 16.8. The lowest BCUT2D eigenvalue weighted by molar-refractivity contribution is -0.142. The van der Waals surface area contributed by atoms with Crippen molar-refractivity contribution in [2.45, 2.75) is 70.5 Å². The number of unbranched alkanes of at least 4 members (excludes halogenated alkanes) is 1. The number of amides is 3. The van der Waals surface area contributed by atoms with Crippen molar-refractivity contribution < 1.29 is 24.3 Å².